The van der Waals surface area contributed by atoms with Crippen LogP contribution in [0.15, 0.2) is 18.3 Å². The molecule has 1 N–H and O–H groups in total. The van der Waals surface area contributed by atoms with E-state index in [0.717, 1.165) is 23.2 Å². The Morgan fingerprint density at radius 1 is 1.37 bits per heavy atom. The van der Waals surface area contributed by atoms with Gasteiger partial charge in [-0.3, -0.25) is 4.98 Å². The summed E-state index contributed by atoms with van der Waals surface area (Å²) >= 11 is 6.36. The zero-order chi connectivity index (χ0) is 13.7. The first-order valence-electron chi connectivity index (χ1n) is 7.61. The molecule has 0 saturated heterocycles. The summed E-state index contributed by atoms with van der Waals surface area (Å²) in [6.45, 7) is 5.43. The van der Waals surface area contributed by atoms with E-state index in [0.29, 0.717) is 12.0 Å². The van der Waals surface area contributed by atoms with Crippen molar-refractivity contribution in [3.8, 4) is 0 Å². The third kappa shape index (κ3) is 3.49. The molecule has 0 aromatic carbocycles. The molecule has 1 aromatic heterocycles. The van der Waals surface area contributed by atoms with Gasteiger partial charge in [-0.25, -0.2) is 0 Å². The number of halogens is 1. The Morgan fingerprint density at radius 3 is 2.84 bits per heavy atom. The Balaban J connectivity index is 2.26. The lowest BCUT2D eigenvalue weighted by molar-refractivity contribution is 0.174. The minimum Gasteiger partial charge on any atom is -0.309 e. The number of nitrogens with one attached hydrogen (secondary N) is 1. The van der Waals surface area contributed by atoms with Gasteiger partial charge in [0, 0.05) is 6.20 Å². The lowest BCUT2D eigenvalue weighted by Gasteiger charge is -2.37. The minimum absolute atomic E-state index is 0.309. The van der Waals surface area contributed by atoms with Gasteiger partial charge in [-0.2, -0.15) is 0 Å². The second-order valence-corrected chi connectivity index (χ2v) is 5.93. The van der Waals surface area contributed by atoms with Crippen LogP contribution in [0.5, 0.6) is 0 Å². The van der Waals surface area contributed by atoms with Crippen molar-refractivity contribution in [2.75, 3.05) is 6.54 Å². The molecule has 0 spiro atoms. The summed E-state index contributed by atoms with van der Waals surface area (Å²) in [6, 6.07) is 4.18. The van der Waals surface area contributed by atoms with E-state index >= 15 is 0 Å². The first-order valence-corrected chi connectivity index (χ1v) is 7.99. The van der Waals surface area contributed by atoms with Crippen LogP contribution in [-0.2, 0) is 0 Å². The lowest BCUT2D eigenvalue weighted by atomic mass is 9.73. The maximum atomic E-state index is 6.36. The highest BCUT2D eigenvalue weighted by Crippen LogP contribution is 2.41. The van der Waals surface area contributed by atoms with Crippen molar-refractivity contribution in [2.24, 2.45) is 11.8 Å². The molecule has 19 heavy (non-hydrogen) atoms. The molecule has 3 unspecified atom stereocenters. The largest absolute Gasteiger partial charge is 0.309 e. The highest BCUT2D eigenvalue weighted by atomic mass is 35.5. The fourth-order valence-electron chi connectivity index (χ4n) is 3.48. The molecule has 0 bridgehead atoms. The summed E-state index contributed by atoms with van der Waals surface area (Å²) in [7, 11) is 0. The van der Waals surface area contributed by atoms with E-state index in [1.54, 1.807) is 0 Å². The van der Waals surface area contributed by atoms with E-state index in [9.17, 15) is 0 Å². The first-order chi connectivity index (χ1) is 9.27. The summed E-state index contributed by atoms with van der Waals surface area (Å²) in [5.74, 6) is 1.47. The quantitative estimate of drug-likeness (QED) is 0.852. The van der Waals surface area contributed by atoms with Gasteiger partial charge in [-0.1, -0.05) is 51.1 Å². The third-order valence-corrected chi connectivity index (χ3v) is 4.75. The summed E-state index contributed by atoms with van der Waals surface area (Å²) in [6.07, 6.45) is 8.49. The van der Waals surface area contributed by atoms with Gasteiger partial charge in [0.1, 0.15) is 0 Å². The average Bonchev–Trinajstić information content (AvgIpc) is 2.46. The van der Waals surface area contributed by atoms with Crippen molar-refractivity contribution >= 4 is 11.6 Å². The molecule has 1 aromatic rings. The van der Waals surface area contributed by atoms with Gasteiger partial charge in [0.05, 0.1) is 16.8 Å². The van der Waals surface area contributed by atoms with Gasteiger partial charge >= 0.3 is 0 Å². The number of rotatable bonds is 5. The smallest absolute Gasteiger partial charge is 0.0761 e. The van der Waals surface area contributed by atoms with Crippen LogP contribution in [0.25, 0.3) is 0 Å². The molecule has 2 nitrogen and oxygen atoms in total. The Morgan fingerprint density at radius 2 is 2.16 bits per heavy atom. The number of aromatic nitrogens is 1. The molecule has 0 aliphatic heterocycles. The highest BCUT2D eigenvalue weighted by Gasteiger charge is 2.32. The van der Waals surface area contributed by atoms with Crippen LogP contribution in [0.4, 0.5) is 0 Å². The molecule has 0 radical (unpaired) electrons. The monoisotopic (exact) mass is 280 g/mol. The molecule has 3 heteroatoms. The second-order valence-electron chi connectivity index (χ2n) is 5.52. The lowest BCUT2D eigenvalue weighted by Crippen LogP contribution is -2.35. The maximum absolute atomic E-state index is 6.36. The summed E-state index contributed by atoms with van der Waals surface area (Å²) < 4.78 is 0. The van der Waals surface area contributed by atoms with Crippen molar-refractivity contribution in [1.82, 2.24) is 10.3 Å². The van der Waals surface area contributed by atoms with Gasteiger partial charge in [0.2, 0.25) is 0 Å². The Hall–Kier alpha value is -0.600. The van der Waals surface area contributed by atoms with E-state index in [2.05, 4.69) is 24.1 Å². The zero-order valence-electron chi connectivity index (χ0n) is 12.0. The van der Waals surface area contributed by atoms with Gasteiger partial charge in [-0.05, 0) is 36.9 Å². The van der Waals surface area contributed by atoms with E-state index < -0.39 is 0 Å². The second kappa shape index (κ2) is 7.25. The Bertz CT molecular complexity index is 394. The summed E-state index contributed by atoms with van der Waals surface area (Å²) in [5.41, 5.74) is 1.04. The SMILES string of the molecule is CCNC(c1ncccc1Cl)C1CCCCC1CC. The van der Waals surface area contributed by atoms with Crippen molar-refractivity contribution in [3.63, 3.8) is 0 Å². The average molecular weight is 281 g/mol. The standard InChI is InChI=1S/C16H25ClN2/c1-3-12-8-5-6-9-13(12)15(18-4-2)16-14(17)10-7-11-19-16/h7,10-13,15,18H,3-6,8-9H2,1-2H3. The van der Waals surface area contributed by atoms with E-state index in [1.807, 2.05) is 18.3 Å². The topological polar surface area (TPSA) is 24.9 Å². The summed E-state index contributed by atoms with van der Waals surface area (Å²) in [5, 5.41) is 4.43. The van der Waals surface area contributed by atoms with Crippen LogP contribution < -0.4 is 5.32 Å². The molecule has 1 saturated carbocycles. The molecule has 1 aliphatic rings. The molecule has 1 fully saturated rings. The predicted octanol–water partition coefficient (Wildman–Crippen LogP) is 4.60. The van der Waals surface area contributed by atoms with Gasteiger partial charge < -0.3 is 5.32 Å². The number of hydrogen-bond donors (Lipinski definition) is 1. The predicted molar refractivity (Wildman–Crippen MR) is 81.4 cm³/mol. The molecule has 106 valence electrons. The molecular formula is C16H25ClN2. The number of hydrogen-bond acceptors (Lipinski definition) is 2. The third-order valence-electron chi connectivity index (χ3n) is 4.43. The van der Waals surface area contributed by atoms with E-state index in [-0.39, 0.29) is 0 Å². The van der Waals surface area contributed by atoms with Crippen LogP contribution in [0.1, 0.15) is 57.7 Å². The van der Waals surface area contributed by atoms with Crippen LogP contribution in [0.2, 0.25) is 5.02 Å². The summed E-state index contributed by atoms with van der Waals surface area (Å²) in [4.78, 5) is 4.55. The molecule has 0 amide bonds. The number of nitrogens with zero attached hydrogens (tertiary/aromatic N) is 1. The van der Waals surface area contributed by atoms with E-state index in [1.165, 1.54) is 32.1 Å². The minimum atomic E-state index is 0.309. The van der Waals surface area contributed by atoms with Crippen molar-refractivity contribution < 1.29 is 0 Å². The first kappa shape index (κ1) is 14.8. The van der Waals surface area contributed by atoms with Crippen molar-refractivity contribution in [1.29, 1.82) is 0 Å². The Labute approximate surface area is 122 Å². The van der Waals surface area contributed by atoms with Crippen molar-refractivity contribution in [2.45, 2.75) is 52.0 Å². The van der Waals surface area contributed by atoms with Crippen molar-refractivity contribution in [3.05, 3.63) is 29.0 Å². The van der Waals surface area contributed by atoms with Crippen LogP contribution in [0.3, 0.4) is 0 Å². The van der Waals surface area contributed by atoms with Crippen LogP contribution >= 0.6 is 11.6 Å². The molecular weight excluding hydrogens is 256 g/mol. The maximum Gasteiger partial charge on any atom is 0.0761 e. The molecule has 1 aliphatic carbocycles. The molecule has 3 atom stereocenters. The van der Waals surface area contributed by atoms with E-state index in [4.69, 9.17) is 11.6 Å². The van der Waals surface area contributed by atoms with Crippen LogP contribution in [-0.4, -0.2) is 11.5 Å². The zero-order valence-corrected chi connectivity index (χ0v) is 12.8. The highest BCUT2D eigenvalue weighted by molar-refractivity contribution is 6.31. The number of pyridine rings is 1. The van der Waals surface area contributed by atoms with Gasteiger partial charge in [0.15, 0.2) is 0 Å². The fourth-order valence-corrected chi connectivity index (χ4v) is 3.72. The fraction of sp³-hybridized carbons (Fsp3) is 0.688. The molecule has 2 rings (SSSR count). The normalized spacial score (nSPS) is 25.2. The van der Waals surface area contributed by atoms with Gasteiger partial charge in [-0.15, -0.1) is 0 Å². The Kier molecular flexibility index (Phi) is 5.65. The molecule has 1 heterocycles. The van der Waals surface area contributed by atoms with Gasteiger partial charge in [0.25, 0.3) is 0 Å². The van der Waals surface area contributed by atoms with Crippen LogP contribution in [0, 0.1) is 11.8 Å².